The fraction of sp³-hybridized carbons (Fsp3) is 1.00. The second-order valence-corrected chi connectivity index (χ2v) is 6.27. The second-order valence-electron chi connectivity index (χ2n) is 4.28. The molecule has 2 rings (SSSR count). The summed E-state index contributed by atoms with van der Waals surface area (Å²) < 4.78 is 30.1. The van der Waals surface area contributed by atoms with Crippen molar-refractivity contribution in [2.45, 2.75) is 12.5 Å². The first-order chi connectivity index (χ1) is 7.07. The van der Waals surface area contributed by atoms with Crippen molar-refractivity contribution in [2.75, 3.05) is 39.0 Å². The van der Waals surface area contributed by atoms with Crippen LogP contribution in [-0.4, -0.2) is 57.9 Å². The predicted molar refractivity (Wildman–Crippen MR) is 57.1 cm³/mol. The van der Waals surface area contributed by atoms with Gasteiger partial charge in [0.15, 0.2) is 0 Å². The van der Waals surface area contributed by atoms with Gasteiger partial charge in [0.2, 0.25) is 10.0 Å². The van der Waals surface area contributed by atoms with Gasteiger partial charge in [-0.2, -0.15) is 4.31 Å². The zero-order chi connectivity index (χ0) is 10.9. The molecule has 0 spiro atoms. The van der Waals surface area contributed by atoms with Crippen molar-refractivity contribution >= 4 is 10.0 Å². The second kappa shape index (κ2) is 4.37. The molecule has 6 heteroatoms. The van der Waals surface area contributed by atoms with Gasteiger partial charge in [-0.1, -0.05) is 0 Å². The van der Waals surface area contributed by atoms with Crippen LogP contribution in [0.5, 0.6) is 0 Å². The fourth-order valence-electron chi connectivity index (χ4n) is 2.25. The molecule has 1 N–H and O–H groups in total. The van der Waals surface area contributed by atoms with Crippen molar-refractivity contribution in [3.63, 3.8) is 0 Å². The maximum absolute atomic E-state index is 11.5. The lowest BCUT2D eigenvalue weighted by Crippen LogP contribution is -2.45. The van der Waals surface area contributed by atoms with Crippen molar-refractivity contribution in [1.82, 2.24) is 9.62 Å². The Kier molecular flexibility index (Phi) is 3.30. The number of hydrogen-bond donors (Lipinski definition) is 1. The third kappa shape index (κ3) is 2.69. The minimum atomic E-state index is -3.07. The number of piperidine rings is 1. The number of hydrogen-bond acceptors (Lipinski definition) is 4. The Morgan fingerprint density at radius 2 is 2.27 bits per heavy atom. The molecule has 0 aromatic rings. The first kappa shape index (κ1) is 11.3. The lowest BCUT2D eigenvalue weighted by atomic mass is 9.95. The van der Waals surface area contributed by atoms with Gasteiger partial charge in [-0.25, -0.2) is 8.42 Å². The molecule has 0 bridgehead atoms. The zero-order valence-corrected chi connectivity index (χ0v) is 9.79. The molecule has 2 aliphatic heterocycles. The normalized spacial score (nSPS) is 34.5. The maximum atomic E-state index is 11.5. The van der Waals surface area contributed by atoms with Gasteiger partial charge in [0.05, 0.1) is 19.0 Å². The van der Waals surface area contributed by atoms with E-state index in [9.17, 15) is 8.42 Å². The summed E-state index contributed by atoms with van der Waals surface area (Å²) in [6.45, 7) is 3.43. The van der Waals surface area contributed by atoms with E-state index in [4.69, 9.17) is 4.74 Å². The molecular formula is C9H18N2O3S. The van der Waals surface area contributed by atoms with Crippen LogP contribution in [0.25, 0.3) is 0 Å². The first-order valence-electron chi connectivity index (χ1n) is 5.35. The number of rotatable bonds is 1. The summed E-state index contributed by atoms with van der Waals surface area (Å²) in [5.74, 6) is 0.350. The molecule has 0 aromatic heterocycles. The van der Waals surface area contributed by atoms with Crippen molar-refractivity contribution in [2.24, 2.45) is 5.92 Å². The molecule has 0 unspecified atom stereocenters. The molecule has 2 saturated heterocycles. The Morgan fingerprint density at radius 1 is 1.47 bits per heavy atom. The summed E-state index contributed by atoms with van der Waals surface area (Å²) in [4.78, 5) is 0. The molecule has 2 fully saturated rings. The Labute approximate surface area is 90.8 Å². The fourth-order valence-corrected chi connectivity index (χ4v) is 3.12. The van der Waals surface area contributed by atoms with E-state index in [1.807, 2.05) is 0 Å². The lowest BCUT2D eigenvalue weighted by Gasteiger charge is -2.31. The molecule has 0 radical (unpaired) electrons. The highest BCUT2D eigenvalue weighted by molar-refractivity contribution is 7.88. The van der Waals surface area contributed by atoms with E-state index in [-0.39, 0.29) is 6.10 Å². The van der Waals surface area contributed by atoms with Crippen LogP contribution in [0, 0.1) is 5.92 Å². The van der Waals surface area contributed by atoms with Crippen molar-refractivity contribution in [3.05, 3.63) is 0 Å². The average Bonchev–Trinajstić information content (AvgIpc) is 2.38. The van der Waals surface area contributed by atoms with Crippen LogP contribution in [0.3, 0.4) is 0 Å². The quantitative estimate of drug-likeness (QED) is 0.649. The van der Waals surface area contributed by atoms with Crippen molar-refractivity contribution in [1.29, 1.82) is 0 Å². The third-order valence-electron chi connectivity index (χ3n) is 3.14. The summed E-state index contributed by atoms with van der Waals surface area (Å²) in [5, 5.41) is 3.27. The molecular weight excluding hydrogens is 216 g/mol. The van der Waals surface area contributed by atoms with E-state index in [0.717, 1.165) is 19.5 Å². The van der Waals surface area contributed by atoms with E-state index >= 15 is 0 Å². The van der Waals surface area contributed by atoms with Crippen molar-refractivity contribution < 1.29 is 13.2 Å². The van der Waals surface area contributed by atoms with Gasteiger partial charge < -0.3 is 10.1 Å². The van der Waals surface area contributed by atoms with E-state index in [0.29, 0.717) is 25.6 Å². The van der Waals surface area contributed by atoms with Gasteiger partial charge >= 0.3 is 0 Å². The summed E-state index contributed by atoms with van der Waals surface area (Å²) >= 11 is 0. The largest absolute Gasteiger partial charge is 0.375 e. The van der Waals surface area contributed by atoms with Gasteiger partial charge in [-0.15, -0.1) is 0 Å². The van der Waals surface area contributed by atoms with Crippen LogP contribution in [0.1, 0.15) is 6.42 Å². The molecule has 5 nitrogen and oxygen atoms in total. The van der Waals surface area contributed by atoms with Crippen LogP contribution < -0.4 is 5.32 Å². The molecule has 0 aliphatic carbocycles. The monoisotopic (exact) mass is 234 g/mol. The first-order valence-corrected chi connectivity index (χ1v) is 7.19. The molecule has 88 valence electrons. The average molecular weight is 234 g/mol. The Balaban J connectivity index is 2.08. The van der Waals surface area contributed by atoms with E-state index < -0.39 is 10.0 Å². The third-order valence-corrected chi connectivity index (χ3v) is 4.41. The Bertz CT molecular complexity index is 317. The Hall–Kier alpha value is -0.170. The summed E-state index contributed by atoms with van der Waals surface area (Å²) in [6.07, 6.45) is 2.45. The molecule has 2 heterocycles. The number of sulfonamides is 1. The lowest BCUT2D eigenvalue weighted by molar-refractivity contribution is 0.0179. The zero-order valence-electron chi connectivity index (χ0n) is 8.98. The van der Waals surface area contributed by atoms with Gasteiger partial charge in [-0.3, -0.25) is 0 Å². The van der Waals surface area contributed by atoms with Crippen molar-refractivity contribution in [3.8, 4) is 0 Å². The summed E-state index contributed by atoms with van der Waals surface area (Å²) in [5.41, 5.74) is 0. The van der Waals surface area contributed by atoms with Crippen LogP contribution in [0.2, 0.25) is 0 Å². The number of ether oxygens (including phenoxy) is 1. The Morgan fingerprint density at radius 3 is 3.00 bits per heavy atom. The molecule has 15 heavy (non-hydrogen) atoms. The molecule has 0 saturated carbocycles. The van der Waals surface area contributed by atoms with E-state index in [1.165, 1.54) is 6.26 Å². The summed E-state index contributed by atoms with van der Waals surface area (Å²) in [7, 11) is -3.07. The number of nitrogens with one attached hydrogen (secondary N) is 1. The maximum Gasteiger partial charge on any atom is 0.211 e. The van der Waals surface area contributed by atoms with Gasteiger partial charge in [0.25, 0.3) is 0 Å². The number of fused-ring (bicyclic) bond motifs is 1. The smallest absolute Gasteiger partial charge is 0.211 e. The molecule has 2 atom stereocenters. The van der Waals surface area contributed by atoms with Crippen LogP contribution in [0.4, 0.5) is 0 Å². The highest BCUT2D eigenvalue weighted by Gasteiger charge is 2.32. The van der Waals surface area contributed by atoms with Crippen LogP contribution >= 0.6 is 0 Å². The highest BCUT2D eigenvalue weighted by atomic mass is 32.2. The number of nitrogens with zero attached hydrogens (tertiary/aromatic N) is 1. The molecule has 0 aromatic carbocycles. The van der Waals surface area contributed by atoms with Gasteiger partial charge in [0, 0.05) is 25.6 Å². The topological polar surface area (TPSA) is 58.6 Å². The SMILES string of the molecule is CS(=O)(=O)N1CCO[C@@H]2CNCC[C@H]2C1. The predicted octanol–water partition coefficient (Wildman–Crippen LogP) is -0.744. The van der Waals surface area contributed by atoms with E-state index in [1.54, 1.807) is 4.31 Å². The van der Waals surface area contributed by atoms with Gasteiger partial charge in [0.1, 0.15) is 0 Å². The molecule has 2 aliphatic rings. The highest BCUT2D eigenvalue weighted by Crippen LogP contribution is 2.21. The van der Waals surface area contributed by atoms with Gasteiger partial charge in [-0.05, 0) is 13.0 Å². The standard InChI is InChI=1S/C9H18N2O3S/c1-15(12,13)11-4-5-14-9-6-10-3-2-8(9)7-11/h8-10H,2-7H2,1H3/t8-,9+/m0/s1. The van der Waals surface area contributed by atoms with E-state index in [2.05, 4.69) is 5.32 Å². The minimum absolute atomic E-state index is 0.186. The minimum Gasteiger partial charge on any atom is -0.375 e. The van der Waals surface area contributed by atoms with Crippen LogP contribution in [0.15, 0.2) is 0 Å². The molecule has 0 amide bonds. The van der Waals surface area contributed by atoms with Crippen LogP contribution in [-0.2, 0) is 14.8 Å². The summed E-state index contributed by atoms with van der Waals surface area (Å²) in [6, 6.07) is 0.